The van der Waals surface area contributed by atoms with E-state index in [4.69, 9.17) is 0 Å². The van der Waals surface area contributed by atoms with Crippen LogP contribution in [0.5, 0.6) is 0 Å². The standard InChI is InChI=1S/C16H20N4O/c1-12-3-4-14(11-17)15(18-12)19-7-2-8-20(10-9-19)16(21)13-5-6-13/h3-4,13H,2,5-10H2,1H3. The second-order valence-electron chi connectivity index (χ2n) is 5.88. The molecule has 0 aromatic carbocycles. The van der Waals surface area contributed by atoms with Crippen LogP contribution in [-0.4, -0.2) is 42.0 Å². The molecule has 2 aliphatic rings. The topological polar surface area (TPSA) is 60.2 Å². The number of anilines is 1. The fraction of sp³-hybridized carbons (Fsp3) is 0.562. The summed E-state index contributed by atoms with van der Waals surface area (Å²) in [6.07, 6.45) is 3.03. The van der Waals surface area contributed by atoms with Crippen LogP contribution in [0.15, 0.2) is 12.1 Å². The highest BCUT2D eigenvalue weighted by molar-refractivity contribution is 5.81. The van der Waals surface area contributed by atoms with Gasteiger partial charge < -0.3 is 9.80 Å². The molecule has 21 heavy (non-hydrogen) atoms. The van der Waals surface area contributed by atoms with Crippen LogP contribution < -0.4 is 4.90 Å². The molecule has 5 nitrogen and oxygen atoms in total. The van der Waals surface area contributed by atoms with Crippen LogP contribution in [0, 0.1) is 24.2 Å². The third-order valence-corrected chi connectivity index (χ3v) is 4.17. The number of aryl methyl sites for hydroxylation is 1. The van der Waals surface area contributed by atoms with Crippen LogP contribution in [0.3, 0.4) is 0 Å². The number of hydrogen-bond acceptors (Lipinski definition) is 4. The van der Waals surface area contributed by atoms with Crippen molar-refractivity contribution in [2.45, 2.75) is 26.2 Å². The van der Waals surface area contributed by atoms with Crippen molar-refractivity contribution in [1.29, 1.82) is 5.26 Å². The number of pyridine rings is 1. The number of carbonyl (C=O) groups excluding carboxylic acids is 1. The van der Waals surface area contributed by atoms with Gasteiger partial charge in [0.2, 0.25) is 5.91 Å². The van der Waals surface area contributed by atoms with E-state index in [0.717, 1.165) is 57.0 Å². The Morgan fingerprint density at radius 2 is 2.10 bits per heavy atom. The van der Waals surface area contributed by atoms with Gasteiger partial charge in [-0.3, -0.25) is 4.79 Å². The van der Waals surface area contributed by atoms with E-state index in [2.05, 4.69) is 16.0 Å². The van der Waals surface area contributed by atoms with E-state index < -0.39 is 0 Å². The lowest BCUT2D eigenvalue weighted by Crippen LogP contribution is -2.36. The first-order valence-corrected chi connectivity index (χ1v) is 7.60. The summed E-state index contributed by atoms with van der Waals surface area (Å²) in [5, 5.41) is 9.25. The summed E-state index contributed by atoms with van der Waals surface area (Å²) in [7, 11) is 0. The molecule has 0 radical (unpaired) electrons. The normalized spacial score (nSPS) is 19.0. The molecule has 0 bridgehead atoms. The molecule has 1 aromatic heterocycles. The van der Waals surface area contributed by atoms with Crippen LogP contribution in [0.25, 0.3) is 0 Å². The predicted molar refractivity (Wildman–Crippen MR) is 79.8 cm³/mol. The maximum atomic E-state index is 12.2. The summed E-state index contributed by atoms with van der Waals surface area (Å²) in [6.45, 7) is 5.09. The Labute approximate surface area is 125 Å². The third-order valence-electron chi connectivity index (χ3n) is 4.17. The largest absolute Gasteiger partial charge is 0.354 e. The van der Waals surface area contributed by atoms with Crippen molar-refractivity contribution in [2.75, 3.05) is 31.1 Å². The monoisotopic (exact) mass is 284 g/mol. The maximum Gasteiger partial charge on any atom is 0.225 e. The van der Waals surface area contributed by atoms with Gasteiger partial charge in [0.25, 0.3) is 0 Å². The van der Waals surface area contributed by atoms with E-state index in [1.165, 1.54) is 0 Å². The number of hydrogen-bond donors (Lipinski definition) is 0. The molecular formula is C16H20N4O. The van der Waals surface area contributed by atoms with Gasteiger partial charge in [-0.2, -0.15) is 5.26 Å². The van der Waals surface area contributed by atoms with E-state index in [1.807, 2.05) is 24.0 Å². The van der Waals surface area contributed by atoms with Crippen LogP contribution in [-0.2, 0) is 4.79 Å². The number of carbonyl (C=O) groups is 1. The molecule has 1 amide bonds. The van der Waals surface area contributed by atoms with E-state index in [9.17, 15) is 10.1 Å². The van der Waals surface area contributed by atoms with Crippen LogP contribution in [0.2, 0.25) is 0 Å². The van der Waals surface area contributed by atoms with Gasteiger partial charge in [-0.1, -0.05) is 0 Å². The molecule has 0 atom stereocenters. The molecule has 110 valence electrons. The zero-order valence-electron chi connectivity index (χ0n) is 12.4. The molecule has 1 saturated heterocycles. The Bertz CT molecular complexity index is 588. The Hall–Kier alpha value is -2.09. The molecule has 2 heterocycles. The lowest BCUT2D eigenvalue weighted by Gasteiger charge is -2.23. The Morgan fingerprint density at radius 1 is 1.29 bits per heavy atom. The van der Waals surface area contributed by atoms with Gasteiger partial charge in [0.1, 0.15) is 11.9 Å². The molecule has 0 N–H and O–H groups in total. The Morgan fingerprint density at radius 3 is 2.81 bits per heavy atom. The second kappa shape index (κ2) is 5.72. The first kappa shape index (κ1) is 13.9. The maximum absolute atomic E-state index is 12.2. The van der Waals surface area contributed by atoms with Crippen LogP contribution in [0.1, 0.15) is 30.5 Å². The van der Waals surface area contributed by atoms with E-state index in [-0.39, 0.29) is 5.92 Å². The van der Waals surface area contributed by atoms with Crippen LogP contribution in [0.4, 0.5) is 5.82 Å². The number of nitriles is 1. The van der Waals surface area contributed by atoms with Crippen molar-refractivity contribution < 1.29 is 4.79 Å². The number of rotatable bonds is 2. The summed E-state index contributed by atoms with van der Waals surface area (Å²) in [5.74, 6) is 1.36. The molecule has 1 aliphatic heterocycles. The molecule has 2 fully saturated rings. The average Bonchev–Trinajstić information content (AvgIpc) is 3.33. The molecule has 1 aliphatic carbocycles. The zero-order chi connectivity index (χ0) is 14.8. The van der Waals surface area contributed by atoms with Gasteiger partial charge in [0.15, 0.2) is 0 Å². The first-order chi connectivity index (χ1) is 10.2. The molecule has 0 unspecified atom stereocenters. The van der Waals surface area contributed by atoms with Crippen molar-refractivity contribution in [3.05, 3.63) is 23.4 Å². The van der Waals surface area contributed by atoms with Crippen LogP contribution >= 0.6 is 0 Å². The molecule has 3 rings (SSSR count). The highest BCUT2D eigenvalue weighted by atomic mass is 16.2. The van der Waals surface area contributed by atoms with Gasteiger partial charge in [-0.15, -0.1) is 0 Å². The van der Waals surface area contributed by atoms with Gasteiger partial charge in [-0.25, -0.2) is 4.98 Å². The minimum atomic E-state index is 0.281. The molecule has 5 heteroatoms. The summed E-state index contributed by atoms with van der Waals surface area (Å²) in [5.41, 5.74) is 1.53. The van der Waals surface area contributed by atoms with E-state index in [1.54, 1.807) is 0 Å². The fourth-order valence-corrected chi connectivity index (χ4v) is 2.81. The summed E-state index contributed by atoms with van der Waals surface area (Å²) < 4.78 is 0. The SMILES string of the molecule is Cc1ccc(C#N)c(N2CCCN(C(=O)C3CC3)CC2)n1. The van der Waals surface area contributed by atoms with Crippen molar-refractivity contribution in [3.8, 4) is 6.07 Å². The molecular weight excluding hydrogens is 264 g/mol. The van der Waals surface area contributed by atoms with Gasteiger partial charge in [0.05, 0.1) is 5.56 Å². The minimum Gasteiger partial charge on any atom is -0.354 e. The number of amides is 1. The van der Waals surface area contributed by atoms with Gasteiger partial charge >= 0.3 is 0 Å². The first-order valence-electron chi connectivity index (χ1n) is 7.60. The van der Waals surface area contributed by atoms with Gasteiger partial charge in [0, 0.05) is 37.8 Å². The number of nitrogens with zero attached hydrogens (tertiary/aromatic N) is 4. The molecule has 1 saturated carbocycles. The fourth-order valence-electron chi connectivity index (χ4n) is 2.81. The highest BCUT2D eigenvalue weighted by Gasteiger charge is 2.34. The van der Waals surface area contributed by atoms with Crippen molar-refractivity contribution in [2.24, 2.45) is 5.92 Å². The average molecular weight is 284 g/mol. The Balaban J connectivity index is 1.74. The minimum absolute atomic E-state index is 0.281. The van der Waals surface area contributed by atoms with E-state index >= 15 is 0 Å². The third kappa shape index (κ3) is 2.99. The van der Waals surface area contributed by atoms with Crippen molar-refractivity contribution in [1.82, 2.24) is 9.88 Å². The predicted octanol–water partition coefficient (Wildman–Crippen LogP) is 1.71. The van der Waals surface area contributed by atoms with E-state index in [0.29, 0.717) is 11.5 Å². The highest BCUT2D eigenvalue weighted by Crippen LogP contribution is 2.31. The second-order valence-corrected chi connectivity index (χ2v) is 5.88. The lowest BCUT2D eigenvalue weighted by molar-refractivity contribution is -0.132. The quantitative estimate of drug-likeness (QED) is 0.829. The molecule has 0 spiro atoms. The van der Waals surface area contributed by atoms with Gasteiger partial charge in [-0.05, 0) is 38.3 Å². The Kier molecular flexibility index (Phi) is 3.78. The van der Waals surface area contributed by atoms with Crippen molar-refractivity contribution >= 4 is 11.7 Å². The summed E-state index contributed by atoms with van der Waals surface area (Å²) in [6, 6.07) is 5.91. The lowest BCUT2D eigenvalue weighted by atomic mass is 10.2. The zero-order valence-corrected chi connectivity index (χ0v) is 12.4. The smallest absolute Gasteiger partial charge is 0.225 e. The summed E-state index contributed by atoms with van der Waals surface area (Å²) in [4.78, 5) is 20.8. The summed E-state index contributed by atoms with van der Waals surface area (Å²) >= 11 is 0. The number of aromatic nitrogens is 1. The molecule has 1 aromatic rings. The van der Waals surface area contributed by atoms with Crippen molar-refractivity contribution in [3.63, 3.8) is 0 Å².